The summed E-state index contributed by atoms with van der Waals surface area (Å²) in [6, 6.07) is 71.9. The van der Waals surface area contributed by atoms with Crippen LogP contribution in [0.5, 0.6) is 23.0 Å². The lowest BCUT2D eigenvalue weighted by molar-refractivity contribution is 0.359. The zero-order chi connectivity index (χ0) is 36.8. The largest absolute Gasteiger partial charge is 0.450 e. The Morgan fingerprint density at radius 3 is 1.66 bits per heavy atom. The van der Waals surface area contributed by atoms with Gasteiger partial charge in [-0.1, -0.05) is 146 Å². The van der Waals surface area contributed by atoms with Crippen molar-refractivity contribution in [3.8, 4) is 56.4 Å². The average molecular weight is 716 g/mol. The van der Waals surface area contributed by atoms with Gasteiger partial charge >= 0.3 is 0 Å². The molecule has 1 spiro atoms. The van der Waals surface area contributed by atoms with Crippen LogP contribution in [0.3, 0.4) is 0 Å². The van der Waals surface area contributed by atoms with E-state index in [1.165, 1.54) is 55.3 Å². The van der Waals surface area contributed by atoms with Gasteiger partial charge in [-0.05, 0) is 116 Å². The summed E-state index contributed by atoms with van der Waals surface area (Å²) in [7, 11) is 0. The van der Waals surface area contributed by atoms with E-state index in [4.69, 9.17) is 9.47 Å². The molecule has 0 radical (unpaired) electrons. The van der Waals surface area contributed by atoms with Crippen LogP contribution >= 0.6 is 0 Å². The van der Waals surface area contributed by atoms with Gasteiger partial charge in [0.1, 0.15) is 0 Å². The van der Waals surface area contributed by atoms with Gasteiger partial charge in [-0.2, -0.15) is 0 Å². The van der Waals surface area contributed by atoms with Crippen molar-refractivity contribution >= 4 is 27.8 Å². The van der Waals surface area contributed by atoms with E-state index in [0.717, 1.165) is 51.2 Å². The maximum atomic E-state index is 6.60. The van der Waals surface area contributed by atoms with Crippen LogP contribution in [0.1, 0.15) is 22.3 Å². The standard InChI is InChI=1S/C53H33NO2/c1-2-16-36(17-3-1)54(47-25-12-15-34-14-4-5-18-38(34)47)37-30-28-35(29-31-37)39-21-13-24-45-52(39)42-32-50-51(56-49-27-11-10-26-48(49)55-50)33-46(42)53(45)43-22-8-6-19-40(43)41-20-7-9-23-44(41)53/h1-33H. The number of para-hydroxylation sites is 3. The Morgan fingerprint density at radius 2 is 0.911 bits per heavy atom. The van der Waals surface area contributed by atoms with Gasteiger partial charge in [0.15, 0.2) is 23.0 Å². The fourth-order valence-corrected chi connectivity index (χ4v) is 9.65. The van der Waals surface area contributed by atoms with Crippen molar-refractivity contribution in [1.29, 1.82) is 0 Å². The molecule has 1 aliphatic heterocycles. The molecule has 3 heteroatoms. The number of hydrogen-bond acceptors (Lipinski definition) is 3. The highest BCUT2D eigenvalue weighted by atomic mass is 16.6. The predicted molar refractivity (Wildman–Crippen MR) is 227 cm³/mol. The average Bonchev–Trinajstić information content (AvgIpc) is 3.72. The quantitative estimate of drug-likeness (QED) is 0.181. The molecule has 2 aliphatic carbocycles. The highest BCUT2D eigenvalue weighted by Crippen LogP contribution is 2.66. The van der Waals surface area contributed by atoms with Gasteiger partial charge in [-0.25, -0.2) is 0 Å². The van der Waals surface area contributed by atoms with E-state index in [1.807, 2.05) is 24.3 Å². The molecule has 0 fully saturated rings. The fourth-order valence-electron chi connectivity index (χ4n) is 9.65. The van der Waals surface area contributed by atoms with Gasteiger partial charge in [-0.3, -0.25) is 0 Å². The number of nitrogens with zero attached hydrogens (tertiary/aromatic N) is 1. The molecule has 0 bridgehead atoms. The van der Waals surface area contributed by atoms with Crippen molar-refractivity contribution < 1.29 is 9.47 Å². The molecule has 1 heterocycles. The van der Waals surface area contributed by atoms with E-state index < -0.39 is 5.41 Å². The first-order valence-electron chi connectivity index (χ1n) is 19.2. The van der Waals surface area contributed by atoms with Crippen LogP contribution in [-0.4, -0.2) is 0 Å². The van der Waals surface area contributed by atoms with Gasteiger partial charge in [0.2, 0.25) is 0 Å². The van der Waals surface area contributed by atoms with Crippen LogP contribution < -0.4 is 14.4 Å². The van der Waals surface area contributed by atoms with E-state index in [0.29, 0.717) is 0 Å². The second kappa shape index (κ2) is 11.8. The molecule has 0 saturated heterocycles. The lowest BCUT2D eigenvalue weighted by Crippen LogP contribution is -2.26. The molecule has 0 unspecified atom stereocenters. The van der Waals surface area contributed by atoms with Crippen molar-refractivity contribution in [3.05, 3.63) is 222 Å². The van der Waals surface area contributed by atoms with Gasteiger partial charge < -0.3 is 14.4 Å². The van der Waals surface area contributed by atoms with E-state index in [-0.39, 0.29) is 0 Å². The monoisotopic (exact) mass is 715 g/mol. The number of benzene rings is 9. The predicted octanol–water partition coefficient (Wildman–Crippen LogP) is 14.2. The topological polar surface area (TPSA) is 21.7 Å². The zero-order valence-electron chi connectivity index (χ0n) is 30.3. The number of ether oxygens (including phenoxy) is 2. The molecule has 0 amide bonds. The van der Waals surface area contributed by atoms with E-state index in [1.54, 1.807) is 0 Å². The summed E-state index contributed by atoms with van der Waals surface area (Å²) in [6.45, 7) is 0. The van der Waals surface area contributed by atoms with Crippen LogP contribution in [-0.2, 0) is 5.41 Å². The van der Waals surface area contributed by atoms with Crippen LogP contribution in [0.2, 0.25) is 0 Å². The van der Waals surface area contributed by atoms with E-state index >= 15 is 0 Å². The van der Waals surface area contributed by atoms with E-state index in [2.05, 4.69) is 181 Å². The summed E-state index contributed by atoms with van der Waals surface area (Å²) in [6.07, 6.45) is 0. The molecule has 3 aliphatic rings. The smallest absolute Gasteiger partial charge is 0.170 e. The highest BCUT2D eigenvalue weighted by Gasteiger charge is 2.52. The molecule has 0 saturated carbocycles. The third-order valence-electron chi connectivity index (χ3n) is 11.9. The minimum absolute atomic E-state index is 0.526. The zero-order valence-corrected chi connectivity index (χ0v) is 30.3. The Morgan fingerprint density at radius 1 is 0.357 bits per heavy atom. The minimum Gasteiger partial charge on any atom is -0.450 e. The molecular weight excluding hydrogens is 683 g/mol. The minimum atomic E-state index is -0.526. The fraction of sp³-hybridized carbons (Fsp3) is 0.0189. The second-order valence-electron chi connectivity index (χ2n) is 14.8. The Kier molecular flexibility index (Phi) is 6.55. The summed E-state index contributed by atoms with van der Waals surface area (Å²) >= 11 is 0. The number of fused-ring (bicyclic) bond motifs is 13. The molecule has 262 valence electrons. The number of rotatable bonds is 4. The number of hydrogen-bond donors (Lipinski definition) is 0. The summed E-state index contributed by atoms with van der Waals surface area (Å²) in [5.74, 6) is 2.91. The summed E-state index contributed by atoms with van der Waals surface area (Å²) in [5.41, 5.74) is 15.1. The number of anilines is 3. The first-order chi connectivity index (χ1) is 27.8. The lowest BCUT2D eigenvalue weighted by Gasteiger charge is -2.31. The first-order valence-corrected chi connectivity index (χ1v) is 19.2. The van der Waals surface area contributed by atoms with Crippen LogP contribution in [0.4, 0.5) is 17.1 Å². The van der Waals surface area contributed by atoms with Gasteiger partial charge in [-0.15, -0.1) is 0 Å². The van der Waals surface area contributed by atoms with Crippen molar-refractivity contribution in [1.82, 2.24) is 0 Å². The van der Waals surface area contributed by atoms with Crippen molar-refractivity contribution in [2.24, 2.45) is 0 Å². The van der Waals surface area contributed by atoms with Crippen LogP contribution in [0.15, 0.2) is 200 Å². The highest BCUT2D eigenvalue weighted by molar-refractivity contribution is 6.02. The van der Waals surface area contributed by atoms with Crippen molar-refractivity contribution in [2.45, 2.75) is 5.41 Å². The summed E-state index contributed by atoms with van der Waals surface area (Å²) in [4.78, 5) is 2.36. The Labute approximate surface area is 325 Å². The Bertz CT molecular complexity index is 2990. The summed E-state index contributed by atoms with van der Waals surface area (Å²) in [5, 5.41) is 2.42. The maximum Gasteiger partial charge on any atom is 0.170 e. The first kappa shape index (κ1) is 31.0. The molecule has 0 aromatic heterocycles. The van der Waals surface area contributed by atoms with Crippen LogP contribution in [0, 0.1) is 0 Å². The van der Waals surface area contributed by atoms with E-state index in [9.17, 15) is 0 Å². The van der Waals surface area contributed by atoms with Crippen molar-refractivity contribution in [2.75, 3.05) is 4.90 Å². The third kappa shape index (κ3) is 4.28. The van der Waals surface area contributed by atoms with Gasteiger partial charge in [0.05, 0.1) is 11.1 Å². The molecule has 56 heavy (non-hydrogen) atoms. The van der Waals surface area contributed by atoms with Crippen LogP contribution in [0.25, 0.3) is 44.2 Å². The molecule has 12 rings (SSSR count). The lowest BCUT2D eigenvalue weighted by atomic mass is 9.70. The summed E-state index contributed by atoms with van der Waals surface area (Å²) < 4.78 is 13.2. The molecule has 0 atom stereocenters. The molecule has 0 N–H and O–H groups in total. The molecule has 9 aromatic rings. The molecular formula is C53H33NO2. The van der Waals surface area contributed by atoms with Gasteiger partial charge in [0.25, 0.3) is 0 Å². The molecule has 9 aromatic carbocycles. The normalized spacial score (nSPS) is 13.4. The third-order valence-corrected chi connectivity index (χ3v) is 11.9. The van der Waals surface area contributed by atoms with Gasteiger partial charge in [0, 0.05) is 16.8 Å². The Balaban J connectivity index is 1.07. The SMILES string of the molecule is c1ccc(N(c2ccc(-c3cccc4c3-c3cc5c(cc3C43c4ccccc4-c4ccccc43)Oc3ccccc3O5)cc2)c2cccc3ccccc23)cc1. The Hall–Kier alpha value is -7.36. The van der Waals surface area contributed by atoms with Crippen molar-refractivity contribution in [3.63, 3.8) is 0 Å². The second-order valence-corrected chi connectivity index (χ2v) is 14.8. The maximum absolute atomic E-state index is 6.60. The molecule has 3 nitrogen and oxygen atoms in total.